The van der Waals surface area contributed by atoms with Crippen molar-refractivity contribution in [3.8, 4) is 0 Å². The first-order valence-corrected chi connectivity index (χ1v) is 9.52. The van der Waals surface area contributed by atoms with E-state index in [1.807, 2.05) is 37.3 Å². The molecule has 1 saturated carbocycles. The van der Waals surface area contributed by atoms with Gasteiger partial charge in [0, 0.05) is 50.8 Å². The van der Waals surface area contributed by atoms with Crippen LogP contribution in [0.15, 0.2) is 41.7 Å². The van der Waals surface area contributed by atoms with Crippen LogP contribution in [0.4, 0.5) is 0 Å². The van der Waals surface area contributed by atoms with Crippen LogP contribution < -0.4 is 5.32 Å². The number of methoxy groups -OCH3 is 2. The topological polar surface area (TPSA) is 67.9 Å². The number of nitrogens with zero attached hydrogens (tertiary/aromatic N) is 1. The zero-order valence-corrected chi connectivity index (χ0v) is 16.0. The number of carbonyl (C=O) groups excluding carboxylic acids is 2. The van der Waals surface area contributed by atoms with Crippen molar-refractivity contribution in [3.05, 3.63) is 47.3 Å². The first kappa shape index (κ1) is 18.2. The van der Waals surface area contributed by atoms with Gasteiger partial charge in [0.1, 0.15) is 11.6 Å². The highest BCUT2D eigenvalue weighted by Gasteiger charge is 2.63. The summed E-state index contributed by atoms with van der Waals surface area (Å²) in [6.45, 7) is 3.51. The molecule has 4 rings (SSSR count). The standard InChI is InChI=1S/C21H26N2O4/c1-13-16(24)12-15-17(18(25)14-8-5-4-6-9-14)20-22-10-7-11-23(20)19(13)21(15,26-2)27-3/h4-6,8-9,13,15,19,22H,7,10-12H2,1-3H3/t13-,15-,19-/m1/s1. The Balaban J connectivity index is 1.93. The van der Waals surface area contributed by atoms with Gasteiger partial charge in [-0.3, -0.25) is 9.59 Å². The summed E-state index contributed by atoms with van der Waals surface area (Å²) < 4.78 is 11.9. The van der Waals surface area contributed by atoms with Crippen LogP contribution in [0.2, 0.25) is 0 Å². The van der Waals surface area contributed by atoms with E-state index >= 15 is 0 Å². The largest absolute Gasteiger partial charge is 0.371 e. The summed E-state index contributed by atoms with van der Waals surface area (Å²) in [5, 5.41) is 3.43. The van der Waals surface area contributed by atoms with Gasteiger partial charge in [0.2, 0.25) is 0 Å². The maximum atomic E-state index is 13.5. The molecule has 3 aliphatic rings. The van der Waals surface area contributed by atoms with E-state index in [9.17, 15) is 9.59 Å². The highest BCUT2D eigenvalue weighted by molar-refractivity contribution is 6.10. The Morgan fingerprint density at radius 3 is 2.59 bits per heavy atom. The van der Waals surface area contributed by atoms with Gasteiger partial charge in [-0.25, -0.2) is 0 Å². The lowest BCUT2D eigenvalue weighted by Gasteiger charge is -2.59. The first-order valence-electron chi connectivity index (χ1n) is 9.52. The lowest BCUT2D eigenvalue weighted by Crippen LogP contribution is -2.71. The Labute approximate surface area is 159 Å². The summed E-state index contributed by atoms with van der Waals surface area (Å²) in [6, 6.07) is 8.95. The molecule has 27 heavy (non-hydrogen) atoms. The van der Waals surface area contributed by atoms with Gasteiger partial charge in [0.25, 0.3) is 0 Å². The second-order valence-electron chi connectivity index (χ2n) is 7.52. The molecule has 6 heteroatoms. The van der Waals surface area contributed by atoms with Gasteiger partial charge >= 0.3 is 0 Å². The third-order valence-electron chi connectivity index (χ3n) is 6.30. The number of ketones is 2. The highest BCUT2D eigenvalue weighted by atomic mass is 16.7. The normalized spacial score (nSPS) is 29.2. The van der Waals surface area contributed by atoms with Crippen molar-refractivity contribution in [1.29, 1.82) is 0 Å². The van der Waals surface area contributed by atoms with Crippen molar-refractivity contribution in [1.82, 2.24) is 10.2 Å². The van der Waals surface area contributed by atoms with Crippen LogP contribution >= 0.6 is 0 Å². The lowest BCUT2D eigenvalue weighted by atomic mass is 9.65. The highest BCUT2D eigenvalue weighted by Crippen LogP contribution is 2.50. The SMILES string of the molecule is COC1(OC)[C@@H]2CC(=O)[C@@H](C)[C@H]1N1CCCNC1=C2C(=O)c1ccccc1. The fraction of sp³-hybridized carbons (Fsp3) is 0.524. The predicted molar refractivity (Wildman–Crippen MR) is 99.9 cm³/mol. The summed E-state index contributed by atoms with van der Waals surface area (Å²) in [7, 11) is 3.22. The molecule has 144 valence electrons. The molecule has 6 nitrogen and oxygen atoms in total. The molecular weight excluding hydrogens is 344 g/mol. The fourth-order valence-corrected chi connectivity index (χ4v) is 5.03. The molecule has 2 heterocycles. The molecule has 2 aliphatic heterocycles. The number of hydrogen-bond acceptors (Lipinski definition) is 6. The average molecular weight is 370 g/mol. The van der Waals surface area contributed by atoms with E-state index in [2.05, 4.69) is 10.2 Å². The van der Waals surface area contributed by atoms with Gasteiger partial charge in [-0.15, -0.1) is 0 Å². The van der Waals surface area contributed by atoms with Crippen LogP contribution in [0.25, 0.3) is 0 Å². The third-order valence-corrected chi connectivity index (χ3v) is 6.30. The Morgan fingerprint density at radius 1 is 1.22 bits per heavy atom. The molecule has 2 fully saturated rings. The van der Waals surface area contributed by atoms with Crippen LogP contribution in [0, 0.1) is 11.8 Å². The van der Waals surface area contributed by atoms with Gasteiger partial charge < -0.3 is 19.7 Å². The van der Waals surface area contributed by atoms with E-state index in [1.165, 1.54) is 0 Å². The molecule has 1 N–H and O–H groups in total. The Hall–Kier alpha value is -2.18. The summed E-state index contributed by atoms with van der Waals surface area (Å²) in [6.07, 6.45) is 1.17. The second-order valence-corrected chi connectivity index (χ2v) is 7.52. The molecule has 0 amide bonds. The molecule has 0 unspecified atom stereocenters. The molecule has 0 spiro atoms. The number of nitrogens with one attached hydrogen (secondary N) is 1. The number of hydrogen-bond donors (Lipinski definition) is 1. The zero-order chi connectivity index (χ0) is 19.2. The number of fused-ring (bicyclic) bond motifs is 4. The maximum absolute atomic E-state index is 13.5. The van der Waals surface area contributed by atoms with E-state index in [4.69, 9.17) is 9.47 Å². The molecule has 0 radical (unpaired) electrons. The van der Waals surface area contributed by atoms with Gasteiger partial charge in [-0.05, 0) is 6.42 Å². The minimum atomic E-state index is -1.02. The fourth-order valence-electron chi connectivity index (χ4n) is 5.03. The van der Waals surface area contributed by atoms with E-state index < -0.39 is 11.7 Å². The number of Topliss-reactive ketones (excluding diaryl/α,β-unsaturated/α-hetero) is 2. The van der Waals surface area contributed by atoms with Crippen LogP contribution in [0.5, 0.6) is 0 Å². The molecule has 2 bridgehead atoms. The van der Waals surface area contributed by atoms with Gasteiger partial charge in [-0.2, -0.15) is 0 Å². The number of ether oxygens (including phenoxy) is 2. The summed E-state index contributed by atoms with van der Waals surface area (Å²) >= 11 is 0. The van der Waals surface area contributed by atoms with Gasteiger partial charge in [0.05, 0.1) is 12.0 Å². The summed E-state index contributed by atoms with van der Waals surface area (Å²) in [5.74, 6) is -0.772. The van der Waals surface area contributed by atoms with E-state index in [-0.39, 0.29) is 29.9 Å². The minimum absolute atomic E-state index is 0.0747. The van der Waals surface area contributed by atoms with Crippen molar-refractivity contribution < 1.29 is 19.1 Å². The van der Waals surface area contributed by atoms with Crippen LogP contribution in [0.3, 0.4) is 0 Å². The van der Waals surface area contributed by atoms with Crippen molar-refractivity contribution >= 4 is 11.6 Å². The quantitative estimate of drug-likeness (QED) is 0.646. The van der Waals surface area contributed by atoms with Crippen molar-refractivity contribution in [2.75, 3.05) is 27.3 Å². The lowest BCUT2D eigenvalue weighted by molar-refractivity contribution is -0.286. The molecule has 1 aromatic rings. The number of benzene rings is 1. The van der Waals surface area contributed by atoms with Crippen molar-refractivity contribution in [2.24, 2.45) is 11.8 Å². The van der Waals surface area contributed by atoms with E-state index in [0.717, 1.165) is 25.3 Å². The average Bonchev–Trinajstić information content (AvgIpc) is 2.71. The van der Waals surface area contributed by atoms with E-state index in [0.29, 0.717) is 11.1 Å². The molecule has 0 aromatic heterocycles. The third kappa shape index (κ3) is 2.54. The Kier molecular flexibility index (Phi) is 4.56. The van der Waals surface area contributed by atoms with Crippen molar-refractivity contribution in [3.63, 3.8) is 0 Å². The van der Waals surface area contributed by atoms with E-state index in [1.54, 1.807) is 14.2 Å². The summed E-state index contributed by atoms with van der Waals surface area (Å²) in [5.41, 5.74) is 1.21. The predicted octanol–water partition coefficient (Wildman–Crippen LogP) is 1.97. The molecule has 1 aliphatic carbocycles. The smallest absolute Gasteiger partial charge is 0.196 e. The first-order chi connectivity index (χ1) is 13.0. The van der Waals surface area contributed by atoms with Crippen molar-refractivity contribution in [2.45, 2.75) is 31.6 Å². The van der Waals surface area contributed by atoms with Gasteiger partial charge in [0.15, 0.2) is 11.6 Å². The molecule has 1 saturated heterocycles. The number of rotatable bonds is 4. The molecular formula is C21H26N2O4. The zero-order valence-electron chi connectivity index (χ0n) is 16.0. The Bertz CT molecular complexity index is 785. The van der Waals surface area contributed by atoms with Crippen LogP contribution in [-0.4, -0.2) is 55.6 Å². The molecule has 3 atom stereocenters. The van der Waals surface area contributed by atoms with Crippen LogP contribution in [-0.2, 0) is 14.3 Å². The minimum Gasteiger partial charge on any atom is -0.371 e. The maximum Gasteiger partial charge on any atom is 0.196 e. The van der Waals surface area contributed by atoms with Crippen LogP contribution in [0.1, 0.15) is 30.1 Å². The Morgan fingerprint density at radius 2 is 1.93 bits per heavy atom. The summed E-state index contributed by atoms with van der Waals surface area (Å²) in [4.78, 5) is 28.5. The monoisotopic (exact) mass is 370 g/mol. The second kappa shape index (κ2) is 6.77. The number of carbonyl (C=O) groups is 2. The molecule has 1 aromatic carbocycles. The van der Waals surface area contributed by atoms with Gasteiger partial charge in [-0.1, -0.05) is 37.3 Å².